The molecule has 1 fully saturated rings. The highest BCUT2D eigenvalue weighted by Gasteiger charge is 2.25. The largest absolute Gasteiger partial charge is 0.337 e. The molecule has 1 aliphatic rings. The number of rotatable bonds is 3. The molecule has 0 saturated carbocycles. The van der Waals surface area contributed by atoms with Crippen LogP contribution in [0.25, 0.3) is 5.65 Å². The first kappa shape index (κ1) is 14.1. The van der Waals surface area contributed by atoms with E-state index in [1.165, 1.54) is 0 Å². The number of likely N-dealkylation sites (tertiary alicyclic amines) is 1. The van der Waals surface area contributed by atoms with Crippen LogP contribution in [-0.2, 0) is 0 Å². The molecule has 2 aromatic rings. The van der Waals surface area contributed by atoms with E-state index in [1.54, 1.807) is 6.20 Å². The fraction of sp³-hybridized carbons (Fsp3) is 0.500. The lowest BCUT2D eigenvalue weighted by atomic mass is 10.0. The van der Waals surface area contributed by atoms with Crippen molar-refractivity contribution in [2.75, 3.05) is 13.1 Å². The smallest absolute Gasteiger partial charge is 0.272 e. The summed E-state index contributed by atoms with van der Waals surface area (Å²) in [6.45, 7) is 5.94. The Morgan fingerprint density at radius 2 is 2.10 bits per heavy atom. The van der Waals surface area contributed by atoms with Crippen molar-refractivity contribution >= 4 is 11.6 Å². The second-order valence-corrected chi connectivity index (χ2v) is 5.96. The average Bonchev–Trinajstić information content (AvgIpc) is 2.90. The molecule has 5 nitrogen and oxygen atoms in total. The summed E-state index contributed by atoms with van der Waals surface area (Å²) < 4.78 is 1.86. The number of hydrogen-bond acceptors (Lipinski definition) is 3. The maximum Gasteiger partial charge on any atom is 0.272 e. The number of nitrogens with zero attached hydrogens (tertiary/aromatic N) is 3. The summed E-state index contributed by atoms with van der Waals surface area (Å²) in [5.74, 6) is 0.0803. The van der Waals surface area contributed by atoms with Crippen LogP contribution in [0.3, 0.4) is 0 Å². The summed E-state index contributed by atoms with van der Waals surface area (Å²) in [7, 11) is 0. The summed E-state index contributed by atoms with van der Waals surface area (Å²) in [6, 6.07) is 6.78. The van der Waals surface area contributed by atoms with Crippen molar-refractivity contribution < 1.29 is 4.79 Å². The van der Waals surface area contributed by atoms with E-state index >= 15 is 0 Å². The van der Waals surface area contributed by atoms with Crippen molar-refractivity contribution in [1.29, 1.82) is 0 Å². The monoisotopic (exact) mass is 286 g/mol. The number of piperidine rings is 1. The van der Waals surface area contributed by atoms with Crippen LogP contribution in [0.5, 0.6) is 0 Å². The molecule has 21 heavy (non-hydrogen) atoms. The maximum atomic E-state index is 12.6. The zero-order valence-electron chi connectivity index (χ0n) is 12.6. The lowest BCUT2D eigenvalue weighted by molar-refractivity contribution is 0.0696. The van der Waals surface area contributed by atoms with Gasteiger partial charge in [0.15, 0.2) is 0 Å². The molecular formula is C16H22N4O. The third-order valence-electron chi connectivity index (χ3n) is 3.99. The average molecular weight is 286 g/mol. The van der Waals surface area contributed by atoms with Gasteiger partial charge in [0.2, 0.25) is 0 Å². The first-order valence-electron chi connectivity index (χ1n) is 7.62. The van der Waals surface area contributed by atoms with Gasteiger partial charge in [0.25, 0.3) is 5.91 Å². The van der Waals surface area contributed by atoms with E-state index in [0.717, 1.165) is 31.6 Å². The van der Waals surface area contributed by atoms with Crippen LogP contribution in [0.2, 0.25) is 0 Å². The van der Waals surface area contributed by atoms with Crippen molar-refractivity contribution in [2.24, 2.45) is 0 Å². The van der Waals surface area contributed by atoms with Gasteiger partial charge in [-0.25, -0.2) is 4.98 Å². The summed E-state index contributed by atoms with van der Waals surface area (Å²) in [5.41, 5.74) is 1.47. The third-order valence-corrected chi connectivity index (χ3v) is 3.99. The minimum absolute atomic E-state index is 0.0803. The van der Waals surface area contributed by atoms with Gasteiger partial charge in [-0.2, -0.15) is 0 Å². The number of hydrogen-bond donors (Lipinski definition) is 1. The lowest BCUT2D eigenvalue weighted by Crippen LogP contribution is -2.46. The number of amides is 1. The predicted molar refractivity (Wildman–Crippen MR) is 82.4 cm³/mol. The number of nitrogens with one attached hydrogen (secondary N) is 1. The molecule has 0 aromatic carbocycles. The molecule has 0 spiro atoms. The van der Waals surface area contributed by atoms with Gasteiger partial charge in [-0.15, -0.1) is 0 Å². The van der Waals surface area contributed by atoms with E-state index < -0.39 is 0 Å². The Morgan fingerprint density at radius 1 is 1.33 bits per heavy atom. The minimum Gasteiger partial charge on any atom is -0.337 e. The van der Waals surface area contributed by atoms with E-state index in [9.17, 15) is 4.79 Å². The van der Waals surface area contributed by atoms with Crippen LogP contribution in [0.15, 0.2) is 30.6 Å². The summed E-state index contributed by atoms with van der Waals surface area (Å²) in [6.07, 6.45) is 5.60. The first-order chi connectivity index (χ1) is 10.1. The lowest BCUT2D eigenvalue weighted by Gasteiger charge is -2.33. The topological polar surface area (TPSA) is 49.6 Å². The van der Waals surface area contributed by atoms with Crippen LogP contribution in [-0.4, -0.2) is 45.4 Å². The van der Waals surface area contributed by atoms with E-state index in [1.807, 2.05) is 33.7 Å². The van der Waals surface area contributed by atoms with E-state index in [-0.39, 0.29) is 5.91 Å². The molecule has 0 bridgehead atoms. The van der Waals surface area contributed by atoms with Gasteiger partial charge in [-0.3, -0.25) is 9.20 Å². The van der Waals surface area contributed by atoms with Crippen molar-refractivity contribution in [3.8, 4) is 0 Å². The first-order valence-corrected chi connectivity index (χ1v) is 7.62. The van der Waals surface area contributed by atoms with Crippen LogP contribution < -0.4 is 5.32 Å². The molecule has 2 aromatic heterocycles. The zero-order valence-corrected chi connectivity index (χ0v) is 12.6. The van der Waals surface area contributed by atoms with Gasteiger partial charge in [0.1, 0.15) is 11.3 Å². The Labute approximate surface area is 125 Å². The molecule has 0 aliphatic carbocycles. The SMILES string of the molecule is CC(C)NC1CCN(C(=O)c2cnc3ccccn23)CC1. The van der Waals surface area contributed by atoms with Gasteiger partial charge < -0.3 is 10.2 Å². The number of carbonyl (C=O) groups is 1. The number of imidazole rings is 1. The van der Waals surface area contributed by atoms with E-state index in [0.29, 0.717) is 17.8 Å². The summed E-state index contributed by atoms with van der Waals surface area (Å²) in [5, 5.41) is 3.55. The zero-order chi connectivity index (χ0) is 14.8. The molecule has 1 aliphatic heterocycles. The van der Waals surface area contributed by atoms with Gasteiger partial charge in [0, 0.05) is 31.4 Å². The molecule has 0 radical (unpaired) electrons. The summed E-state index contributed by atoms with van der Waals surface area (Å²) >= 11 is 0. The Bertz CT molecular complexity index is 626. The Balaban J connectivity index is 1.69. The van der Waals surface area contributed by atoms with Crippen molar-refractivity contribution in [1.82, 2.24) is 19.6 Å². The molecule has 3 heterocycles. The summed E-state index contributed by atoms with van der Waals surface area (Å²) in [4.78, 5) is 18.9. The van der Waals surface area contributed by atoms with Gasteiger partial charge in [-0.05, 0) is 25.0 Å². The Morgan fingerprint density at radius 3 is 2.81 bits per heavy atom. The van der Waals surface area contributed by atoms with Crippen LogP contribution in [0, 0.1) is 0 Å². The standard InChI is InChI=1S/C16H22N4O/c1-12(2)18-13-6-9-19(10-7-13)16(21)14-11-17-15-5-3-4-8-20(14)15/h3-5,8,11-13,18H,6-7,9-10H2,1-2H3. The van der Waals surface area contributed by atoms with Gasteiger partial charge >= 0.3 is 0 Å². The Hall–Kier alpha value is -1.88. The molecule has 1 amide bonds. The van der Waals surface area contributed by atoms with Crippen LogP contribution in [0.4, 0.5) is 0 Å². The van der Waals surface area contributed by atoms with E-state index in [4.69, 9.17) is 0 Å². The van der Waals surface area contributed by atoms with Crippen molar-refractivity contribution in [3.63, 3.8) is 0 Å². The number of aromatic nitrogens is 2. The highest BCUT2D eigenvalue weighted by molar-refractivity contribution is 5.93. The highest BCUT2D eigenvalue weighted by Crippen LogP contribution is 2.15. The van der Waals surface area contributed by atoms with Crippen molar-refractivity contribution in [3.05, 3.63) is 36.3 Å². The fourth-order valence-electron chi connectivity index (χ4n) is 2.97. The maximum absolute atomic E-state index is 12.6. The normalized spacial score (nSPS) is 16.8. The van der Waals surface area contributed by atoms with Crippen LogP contribution >= 0.6 is 0 Å². The molecule has 5 heteroatoms. The van der Waals surface area contributed by atoms with E-state index in [2.05, 4.69) is 24.1 Å². The molecule has 3 rings (SSSR count). The third kappa shape index (κ3) is 2.93. The Kier molecular flexibility index (Phi) is 3.92. The molecule has 1 saturated heterocycles. The molecule has 0 unspecified atom stereocenters. The number of carbonyl (C=O) groups excluding carboxylic acids is 1. The van der Waals surface area contributed by atoms with Crippen molar-refractivity contribution in [2.45, 2.75) is 38.8 Å². The highest BCUT2D eigenvalue weighted by atomic mass is 16.2. The van der Waals surface area contributed by atoms with Crippen LogP contribution in [0.1, 0.15) is 37.2 Å². The van der Waals surface area contributed by atoms with Gasteiger partial charge in [-0.1, -0.05) is 19.9 Å². The number of pyridine rings is 1. The molecule has 0 atom stereocenters. The fourth-order valence-corrected chi connectivity index (χ4v) is 2.97. The quantitative estimate of drug-likeness (QED) is 0.938. The molecule has 1 N–H and O–H groups in total. The predicted octanol–water partition coefficient (Wildman–Crippen LogP) is 1.94. The second-order valence-electron chi connectivity index (χ2n) is 5.96. The number of fused-ring (bicyclic) bond motifs is 1. The minimum atomic E-state index is 0.0803. The molecule has 112 valence electrons. The second kappa shape index (κ2) is 5.85. The molecular weight excluding hydrogens is 264 g/mol. The van der Waals surface area contributed by atoms with Gasteiger partial charge in [0.05, 0.1) is 6.20 Å².